The predicted molar refractivity (Wildman–Crippen MR) is 62.1 cm³/mol. The summed E-state index contributed by atoms with van der Waals surface area (Å²) in [6.07, 6.45) is 3.35. The molecule has 0 radical (unpaired) electrons. The topological polar surface area (TPSA) is 85.9 Å². The molecule has 0 bridgehead atoms. The van der Waals surface area contributed by atoms with Crippen LogP contribution in [-0.2, 0) is 9.47 Å². The number of hydrogen-bond donors (Lipinski definition) is 2. The molecule has 0 unspecified atom stereocenters. The number of methoxy groups -OCH3 is 2. The van der Waals surface area contributed by atoms with Crippen molar-refractivity contribution >= 4 is 11.7 Å². The molecule has 0 saturated heterocycles. The minimum Gasteiger partial charge on any atom is -0.351 e. The number of urea groups is 1. The molecule has 2 amide bonds. The smallest absolute Gasteiger partial charge is 0.332 e. The van der Waals surface area contributed by atoms with E-state index in [0.29, 0.717) is 12.1 Å². The van der Waals surface area contributed by atoms with Crippen molar-refractivity contribution in [2.24, 2.45) is 10.8 Å². The van der Waals surface area contributed by atoms with E-state index in [1.165, 1.54) is 14.2 Å². The molecule has 0 rings (SSSR count). The number of nitrogens with one attached hydrogen (secondary N) is 1. The lowest BCUT2D eigenvalue weighted by Gasteiger charge is -2.15. The highest BCUT2D eigenvalue weighted by Crippen LogP contribution is 2.06. The monoisotopic (exact) mass is 231 g/mol. The minimum absolute atomic E-state index is 0.538. The molecule has 0 aromatic rings. The Hall–Kier alpha value is -1.14. The molecule has 0 saturated carbocycles. The number of ether oxygens (including phenoxy) is 2. The molecule has 94 valence electrons. The molecule has 0 aliphatic rings. The molecule has 0 spiro atoms. The van der Waals surface area contributed by atoms with Crippen molar-refractivity contribution in [3.8, 4) is 0 Å². The van der Waals surface area contributed by atoms with E-state index in [1.807, 2.05) is 0 Å². The van der Waals surface area contributed by atoms with Gasteiger partial charge in [-0.25, -0.2) is 10.2 Å². The summed E-state index contributed by atoms with van der Waals surface area (Å²) in [5, 5.41) is 3.88. The standard InChI is InChI=1S/C10H21N3O3/c1-4-5-6-7-8(9(15-2)16-3)12-13-10(11)14/h9H,4-7H2,1-3H3,(H3,11,13,14)/b12-8-. The molecule has 0 atom stereocenters. The van der Waals surface area contributed by atoms with Crippen LogP contribution in [0, 0.1) is 0 Å². The lowest BCUT2D eigenvalue weighted by Crippen LogP contribution is -2.31. The fourth-order valence-corrected chi connectivity index (χ4v) is 1.28. The number of carbonyl (C=O) groups excluding carboxylic acids is 1. The number of carbonyl (C=O) groups is 1. The third-order valence-corrected chi connectivity index (χ3v) is 2.05. The number of unbranched alkanes of at least 4 members (excludes halogenated alkanes) is 2. The molecule has 6 nitrogen and oxygen atoms in total. The van der Waals surface area contributed by atoms with Gasteiger partial charge in [0, 0.05) is 14.2 Å². The van der Waals surface area contributed by atoms with Crippen LogP contribution in [0.15, 0.2) is 5.10 Å². The quantitative estimate of drug-likeness (QED) is 0.285. The summed E-state index contributed by atoms with van der Waals surface area (Å²) in [5.41, 5.74) is 7.76. The maximum Gasteiger partial charge on any atom is 0.332 e. The fraction of sp³-hybridized carbons (Fsp3) is 0.800. The van der Waals surface area contributed by atoms with Gasteiger partial charge in [0.2, 0.25) is 0 Å². The van der Waals surface area contributed by atoms with Crippen molar-refractivity contribution in [2.45, 2.75) is 38.9 Å². The molecule has 0 aromatic heterocycles. The van der Waals surface area contributed by atoms with Crippen LogP contribution >= 0.6 is 0 Å². The SMILES string of the molecule is CCCCC/C(=N/NC(N)=O)C(OC)OC. The molecule has 16 heavy (non-hydrogen) atoms. The second-order valence-electron chi connectivity index (χ2n) is 3.34. The van der Waals surface area contributed by atoms with Gasteiger partial charge in [-0.1, -0.05) is 19.8 Å². The van der Waals surface area contributed by atoms with Crippen LogP contribution in [0.5, 0.6) is 0 Å². The number of hydrazone groups is 1. The molecule has 0 aliphatic carbocycles. The summed E-state index contributed by atoms with van der Waals surface area (Å²) in [5.74, 6) is 0. The van der Waals surface area contributed by atoms with Crippen LogP contribution in [0.25, 0.3) is 0 Å². The van der Waals surface area contributed by atoms with Gasteiger partial charge in [-0.2, -0.15) is 5.10 Å². The molecule has 3 N–H and O–H groups in total. The highest BCUT2D eigenvalue weighted by molar-refractivity contribution is 5.88. The average molecular weight is 231 g/mol. The average Bonchev–Trinajstić information content (AvgIpc) is 2.26. The zero-order chi connectivity index (χ0) is 12.4. The van der Waals surface area contributed by atoms with Gasteiger partial charge in [0.15, 0.2) is 6.29 Å². The number of hydrogen-bond acceptors (Lipinski definition) is 4. The summed E-state index contributed by atoms with van der Waals surface area (Å²) in [6, 6.07) is -0.695. The van der Waals surface area contributed by atoms with Gasteiger partial charge in [-0.3, -0.25) is 0 Å². The van der Waals surface area contributed by atoms with E-state index < -0.39 is 12.3 Å². The van der Waals surface area contributed by atoms with E-state index in [1.54, 1.807) is 0 Å². The van der Waals surface area contributed by atoms with E-state index in [4.69, 9.17) is 15.2 Å². The van der Waals surface area contributed by atoms with Crippen molar-refractivity contribution in [2.75, 3.05) is 14.2 Å². The lowest BCUT2D eigenvalue weighted by molar-refractivity contribution is -0.0535. The van der Waals surface area contributed by atoms with Crippen LogP contribution in [0.4, 0.5) is 4.79 Å². The van der Waals surface area contributed by atoms with Crippen LogP contribution < -0.4 is 11.2 Å². The predicted octanol–water partition coefficient (Wildman–Crippen LogP) is 1.21. The number of nitrogens with two attached hydrogens (primary N) is 1. The Kier molecular flexibility index (Phi) is 8.46. The Morgan fingerprint density at radius 2 is 2.00 bits per heavy atom. The van der Waals surface area contributed by atoms with Gasteiger partial charge >= 0.3 is 6.03 Å². The Labute approximate surface area is 96.2 Å². The Morgan fingerprint density at radius 3 is 2.44 bits per heavy atom. The summed E-state index contributed by atoms with van der Waals surface area (Å²) < 4.78 is 10.2. The zero-order valence-electron chi connectivity index (χ0n) is 10.2. The second kappa shape index (κ2) is 9.11. The maximum atomic E-state index is 10.6. The first-order chi connectivity index (χ1) is 7.65. The number of amides is 2. The zero-order valence-corrected chi connectivity index (χ0v) is 10.2. The molecular weight excluding hydrogens is 210 g/mol. The maximum absolute atomic E-state index is 10.6. The lowest BCUT2D eigenvalue weighted by atomic mass is 10.1. The third-order valence-electron chi connectivity index (χ3n) is 2.05. The molecular formula is C10H21N3O3. The van der Waals surface area contributed by atoms with Crippen LogP contribution in [-0.4, -0.2) is 32.3 Å². The van der Waals surface area contributed by atoms with Crippen molar-refractivity contribution in [1.29, 1.82) is 0 Å². The normalized spacial score (nSPS) is 11.9. The molecule has 0 aromatic carbocycles. The van der Waals surface area contributed by atoms with Crippen LogP contribution in [0.3, 0.4) is 0 Å². The first-order valence-corrected chi connectivity index (χ1v) is 5.33. The van der Waals surface area contributed by atoms with Gasteiger partial charge in [0.05, 0.1) is 5.71 Å². The van der Waals surface area contributed by atoms with Gasteiger partial charge in [-0.15, -0.1) is 0 Å². The second-order valence-corrected chi connectivity index (χ2v) is 3.34. The van der Waals surface area contributed by atoms with E-state index in [0.717, 1.165) is 19.3 Å². The minimum atomic E-state index is -0.695. The Bertz CT molecular complexity index is 227. The Morgan fingerprint density at radius 1 is 1.38 bits per heavy atom. The summed E-state index contributed by atoms with van der Waals surface area (Å²) in [6.45, 7) is 2.11. The highest BCUT2D eigenvalue weighted by Gasteiger charge is 2.14. The first kappa shape index (κ1) is 14.9. The molecule has 6 heteroatoms. The van der Waals surface area contributed by atoms with E-state index >= 15 is 0 Å². The summed E-state index contributed by atoms with van der Waals surface area (Å²) >= 11 is 0. The largest absolute Gasteiger partial charge is 0.351 e. The van der Waals surface area contributed by atoms with Crippen molar-refractivity contribution in [3.05, 3.63) is 0 Å². The van der Waals surface area contributed by atoms with Gasteiger partial charge in [0.1, 0.15) is 0 Å². The number of rotatable bonds is 8. The summed E-state index contributed by atoms with van der Waals surface area (Å²) in [4.78, 5) is 10.6. The fourth-order valence-electron chi connectivity index (χ4n) is 1.28. The third kappa shape index (κ3) is 6.36. The molecule has 0 heterocycles. The molecule has 0 aliphatic heterocycles. The van der Waals surface area contributed by atoms with E-state index in [9.17, 15) is 4.79 Å². The first-order valence-electron chi connectivity index (χ1n) is 5.33. The van der Waals surface area contributed by atoms with Crippen molar-refractivity contribution in [1.82, 2.24) is 5.43 Å². The van der Waals surface area contributed by atoms with Crippen molar-refractivity contribution in [3.63, 3.8) is 0 Å². The van der Waals surface area contributed by atoms with Gasteiger partial charge < -0.3 is 15.2 Å². The van der Waals surface area contributed by atoms with Crippen molar-refractivity contribution < 1.29 is 14.3 Å². The van der Waals surface area contributed by atoms with E-state index in [2.05, 4.69) is 17.5 Å². The van der Waals surface area contributed by atoms with E-state index in [-0.39, 0.29) is 0 Å². The summed E-state index contributed by atoms with van der Waals surface area (Å²) in [7, 11) is 3.04. The number of primary amides is 1. The van der Waals surface area contributed by atoms with Gasteiger partial charge in [0.25, 0.3) is 0 Å². The highest BCUT2D eigenvalue weighted by atomic mass is 16.7. The number of nitrogens with zero attached hydrogens (tertiary/aromatic N) is 1. The van der Waals surface area contributed by atoms with Crippen LogP contribution in [0.2, 0.25) is 0 Å². The van der Waals surface area contributed by atoms with Crippen LogP contribution in [0.1, 0.15) is 32.6 Å². The Balaban J connectivity index is 4.35. The van der Waals surface area contributed by atoms with Gasteiger partial charge in [-0.05, 0) is 12.8 Å². The molecule has 0 fully saturated rings.